The Kier molecular flexibility index (Phi) is 5.93. The van der Waals surface area contributed by atoms with Crippen molar-refractivity contribution in [3.05, 3.63) is 0 Å². The Morgan fingerprint density at radius 2 is 2.00 bits per heavy atom. The van der Waals surface area contributed by atoms with Crippen molar-refractivity contribution in [2.75, 3.05) is 11.5 Å². The molecule has 64 valence electrons. The van der Waals surface area contributed by atoms with Crippen LogP contribution in [0.25, 0.3) is 0 Å². The molecule has 0 rings (SSSR count). The van der Waals surface area contributed by atoms with Crippen LogP contribution in [0, 0.1) is 0 Å². The number of carboxylic acids is 1. The molecule has 3 nitrogen and oxygen atoms in total. The molecule has 0 aromatic rings. The van der Waals surface area contributed by atoms with Crippen LogP contribution in [0.5, 0.6) is 0 Å². The molecule has 11 heavy (non-hydrogen) atoms. The summed E-state index contributed by atoms with van der Waals surface area (Å²) in [5, 5.41) is 8.18. The molecule has 0 aliphatic heterocycles. The summed E-state index contributed by atoms with van der Waals surface area (Å²) in [5.41, 5.74) is 0. The molecule has 0 spiro atoms. The Morgan fingerprint density at radius 1 is 1.36 bits per heavy atom. The second kappa shape index (κ2) is 6.22. The normalized spacial score (nSPS) is 9.55. The van der Waals surface area contributed by atoms with Crippen molar-refractivity contribution < 1.29 is 14.7 Å². The van der Waals surface area contributed by atoms with Crippen molar-refractivity contribution in [1.82, 2.24) is 0 Å². The predicted octanol–water partition coefficient (Wildman–Crippen LogP) is 1.17. The van der Waals surface area contributed by atoms with Gasteiger partial charge in [0.05, 0.1) is 0 Å². The van der Waals surface area contributed by atoms with Gasteiger partial charge in [0.15, 0.2) is 0 Å². The minimum absolute atomic E-state index is 0.153. The van der Waals surface area contributed by atoms with E-state index in [2.05, 4.69) is 0 Å². The molecule has 0 aromatic heterocycles. The average molecular weight is 176 g/mol. The summed E-state index contributed by atoms with van der Waals surface area (Å²) in [6, 6.07) is 0. The fourth-order valence-electron chi connectivity index (χ4n) is 0.518. The van der Waals surface area contributed by atoms with E-state index in [1.807, 2.05) is 6.92 Å². The van der Waals surface area contributed by atoms with Gasteiger partial charge in [-0.1, -0.05) is 6.92 Å². The number of hydrogen-bond acceptors (Lipinski definition) is 3. The molecule has 0 unspecified atom stereocenters. The number of aliphatic carboxylic acids is 1. The van der Waals surface area contributed by atoms with Gasteiger partial charge in [0.1, 0.15) is 0 Å². The highest BCUT2D eigenvalue weighted by atomic mass is 32.2. The number of thioether (sulfide) groups is 1. The summed E-state index contributed by atoms with van der Waals surface area (Å²) < 4.78 is 0. The summed E-state index contributed by atoms with van der Waals surface area (Å²) in [5.74, 6) is -0.387. The standard InChI is InChI=1S/C7H12O3S/c1-2-4-11-5-3-6(8)7(9)10/h2-5H2,1H3,(H,9,10). The van der Waals surface area contributed by atoms with Crippen LogP contribution >= 0.6 is 11.8 Å². The third-order valence-electron chi connectivity index (χ3n) is 1.06. The van der Waals surface area contributed by atoms with Gasteiger partial charge < -0.3 is 5.11 Å². The number of ketones is 1. The number of carbonyl (C=O) groups is 2. The maximum atomic E-state index is 10.5. The van der Waals surface area contributed by atoms with E-state index in [4.69, 9.17) is 5.11 Å². The molecule has 0 atom stereocenters. The van der Waals surface area contributed by atoms with Gasteiger partial charge in [-0.15, -0.1) is 0 Å². The van der Waals surface area contributed by atoms with Gasteiger partial charge in [-0.25, -0.2) is 4.79 Å². The first-order valence-corrected chi connectivity index (χ1v) is 4.67. The highest BCUT2D eigenvalue weighted by Crippen LogP contribution is 2.03. The van der Waals surface area contributed by atoms with E-state index in [9.17, 15) is 9.59 Å². The molecular formula is C7H12O3S. The summed E-state index contributed by atoms with van der Waals surface area (Å²) >= 11 is 1.61. The smallest absolute Gasteiger partial charge is 0.372 e. The third-order valence-corrected chi connectivity index (χ3v) is 2.25. The highest BCUT2D eigenvalue weighted by Gasteiger charge is 2.09. The van der Waals surface area contributed by atoms with Gasteiger partial charge in [-0.2, -0.15) is 11.8 Å². The quantitative estimate of drug-likeness (QED) is 0.487. The van der Waals surface area contributed by atoms with Gasteiger partial charge in [0.25, 0.3) is 0 Å². The minimum Gasteiger partial charge on any atom is -0.476 e. The Balaban J connectivity index is 3.25. The lowest BCUT2D eigenvalue weighted by Crippen LogP contribution is -2.12. The van der Waals surface area contributed by atoms with Crippen LogP contribution in [0.1, 0.15) is 19.8 Å². The van der Waals surface area contributed by atoms with Crippen LogP contribution in [0.3, 0.4) is 0 Å². The first-order chi connectivity index (χ1) is 5.18. The van der Waals surface area contributed by atoms with E-state index in [-0.39, 0.29) is 6.42 Å². The molecule has 0 bridgehead atoms. The molecular weight excluding hydrogens is 164 g/mol. The molecule has 0 aromatic carbocycles. The highest BCUT2D eigenvalue weighted by molar-refractivity contribution is 7.99. The van der Waals surface area contributed by atoms with E-state index < -0.39 is 11.8 Å². The number of carboxylic acid groups (broad SMARTS) is 1. The lowest BCUT2D eigenvalue weighted by atomic mass is 10.3. The van der Waals surface area contributed by atoms with E-state index >= 15 is 0 Å². The third kappa shape index (κ3) is 5.91. The maximum absolute atomic E-state index is 10.5. The number of rotatable bonds is 6. The van der Waals surface area contributed by atoms with Gasteiger partial charge in [-0.3, -0.25) is 4.79 Å². The summed E-state index contributed by atoms with van der Waals surface area (Å²) in [6.45, 7) is 2.05. The Morgan fingerprint density at radius 3 is 2.45 bits per heavy atom. The van der Waals surface area contributed by atoms with Crippen molar-refractivity contribution in [2.24, 2.45) is 0 Å². The average Bonchev–Trinajstić information content (AvgIpc) is 1.97. The SMILES string of the molecule is CCCSCCC(=O)C(=O)O. The van der Waals surface area contributed by atoms with E-state index in [1.54, 1.807) is 11.8 Å². The Labute approximate surface area is 70.2 Å². The van der Waals surface area contributed by atoms with Gasteiger partial charge in [0.2, 0.25) is 5.78 Å². The fourth-order valence-corrected chi connectivity index (χ4v) is 1.34. The van der Waals surface area contributed by atoms with Crippen LogP contribution < -0.4 is 0 Å². The van der Waals surface area contributed by atoms with E-state index in [0.29, 0.717) is 5.75 Å². The molecule has 0 heterocycles. The van der Waals surface area contributed by atoms with Gasteiger partial charge in [-0.05, 0) is 12.2 Å². The first kappa shape index (κ1) is 10.5. The van der Waals surface area contributed by atoms with Gasteiger partial charge >= 0.3 is 5.97 Å². The van der Waals surface area contributed by atoms with Crippen molar-refractivity contribution in [3.63, 3.8) is 0 Å². The minimum atomic E-state index is -1.32. The van der Waals surface area contributed by atoms with E-state index in [1.165, 1.54) is 0 Å². The van der Waals surface area contributed by atoms with Crippen molar-refractivity contribution >= 4 is 23.5 Å². The van der Waals surface area contributed by atoms with Crippen molar-refractivity contribution in [2.45, 2.75) is 19.8 Å². The monoisotopic (exact) mass is 176 g/mol. The lowest BCUT2D eigenvalue weighted by Gasteiger charge is -1.95. The summed E-state index contributed by atoms with van der Waals surface area (Å²) in [6.07, 6.45) is 1.21. The second-order valence-electron chi connectivity index (χ2n) is 2.09. The summed E-state index contributed by atoms with van der Waals surface area (Å²) in [7, 11) is 0. The van der Waals surface area contributed by atoms with Crippen LogP contribution in [0.4, 0.5) is 0 Å². The first-order valence-electron chi connectivity index (χ1n) is 3.52. The fraction of sp³-hybridized carbons (Fsp3) is 0.714. The molecule has 0 saturated carbocycles. The molecule has 0 fully saturated rings. The Hall–Kier alpha value is -0.510. The van der Waals surface area contributed by atoms with Crippen LogP contribution in [-0.2, 0) is 9.59 Å². The molecule has 0 saturated heterocycles. The second-order valence-corrected chi connectivity index (χ2v) is 3.32. The van der Waals surface area contributed by atoms with Crippen LogP contribution in [0.2, 0.25) is 0 Å². The predicted molar refractivity (Wildman–Crippen MR) is 44.9 cm³/mol. The summed E-state index contributed by atoms with van der Waals surface area (Å²) in [4.78, 5) is 20.5. The molecule has 0 amide bonds. The zero-order valence-corrected chi connectivity index (χ0v) is 7.32. The van der Waals surface area contributed by atoms with Crippen LogP contribution in [0.15, 0.2) is 0 Å². The van der Waals surface area contributed by atoms with Crippen molar-refractivity contribution in [1.29, 1.82) is 0 Å². The van der Waals surface area contributed by atoms with Gasteiger partial charge in [0, 0.05) is 12.2 Å². The lowest BCUT2D eigenvalue weighted by molar-refractivity contribution is -0.148. The zero-order valence-electron chi connectivity index (χ0n) is 6.50. The molecule has 0 radical (unpaired) electrons. The zero-order chi connectivity index (χ0) is 8.69. The molecule has 0 aliphatic carbocycles. The maximum Gasteiger partial charge on any atom is 0.372 e. The van der Waals surface area contributed by atoms with E-state index in [0.717, 1.165) is 12.2 Å². The molecule has 0 aliphatic rings. The number of carbonyl (C=O) groups excluding carboxylic acids is 1. The van der Waals surface area contributed by atoms with Crippen LogP contribution in [-0.4, -0.2) is 28.4 Å². The van der Waals surface area contributed by atoms with Crippen molar-refractivity contribution in [3.8, 4) is 0 Å². The Bertz CT molecular complexity index is 145. The molecule has 4 heteroatoms. The number of hydrogen-bond donors (Lipinski definition) is 1. The number of Topliss-reactive ketones (excluding diaryl/α,β-unsaturated/α-hetero) is 1. The largest absolute Gasteiger partial charge is 0.476 e. The topological polar surface area (TPSA) is 54.4 Å². The molecule has 1 N–H and O–H groups in total.